The van der Waals surface area contributed by atoms with Gasteiger partial charge in [-0.15, -0.1) is 0 Å². The first kappa shape index (κ1) is 28.3. The molecule has 2 aromatic carbocycles. The summed E-state index contributed by atoms with van der Waals surface area (Å²) < 4.78 is 75.5. The van der Waals surface area contributed by atoms with Gasteiger partial charge in [0.25, 0.3) is 5.91 Å². The van der Waals surface area contributed by atoms with Crippen molar-refractivity contribution in [3.8, 4) is 11.5 Å². The highest BCUT2D eigenvalue weighted by molar-refractivity contribution is 7.93. The first-order valence-electron chi connectivity index (χ1n) is 12.5. The van der Waals surface area contributed by atoms with Crippen molar-refractivity contribution in [2.75, 3.05) is 26.2 Å². The third kappa shape index (κ3) is 6.14. The van der Waals surface area contributed by atoms with Crippen LogP contribution in [-0.4, -0.2) is 56.5 Å². The molecule has 8 nitrogen and oxygen atoms in total. The first-order valence-corrected chi connectivity index (χ1v) is 14.0. The number of carbonyl (C=O) groups excluding carboxylic acids is 1. The third-order valence-corrected chi connectivity index (χ3v) is 9.53. The van der Waals surface area contributed by atoms with Crippen molar-refractivity contribution in [3.05, 3.63) is 54.1 Å². The number of ether oxygens (including phenoxy) is 2. The smallest absolute Gasteiger partial charge is 0.416 e. The number of nitrogens with one attached hydrogen (secondary N) is 1. The van der Waals surface area contributed by atoms with Crippen LogP contribution < -0.4 is 10.2 Å². The molecule has 2 aliphatic heterocycles. The number of likely N-dealkylation sites (tertiary alicyclic amines) is 1. The zero-order valence-corrected chi connectivity index (χ0v) is 21.8. The Balaban J connectivity index is 1.52. The molecule has 1 atom stereocenters. The minimum Gasteiger partial charge on any atom is -0.457 e. The fourth-order valence-corrected chi connectivity index (χ4v) is 6.58. The minimum absolute atomic E-state index is 0.0636. The number of amides is 1. The van der Waals surface area contributed by atoms with Gasteiger partial charge in [-0.05, 0) is 80.8 Å². The zero-order chi connectivity index (χ0) is 27.4. The molecule has 0 aliphatic carbocycles. The summed E-state index contributed by atoms with van der Waals surface area (Å²) in [5.41, 5.74) is 1.56. The van der Waals surface area contributed by atoms with E-state index in [1.807, 2.05) is 6.92 Å². The number of halogens is 3. The Hall–Kier alpha value is -2.67. The third-order valence-electron chi connectivity index (χ3n) is 7.01. The van der Waals surface area contributed by atoms with Crippen LogP contribution in [0.25, 0.3) is 0 Å². The van der Waals surface area contributed by atoms with Gasteiger partial charge < -0.3 is 14.4 Å². The number of piperidine rings is 1. The van der Waals surface area contributed by atoms with Crippen LogP contribution in [0.15, 0.2) is 53.4 Å². The highest BCUT2D eigenvalue weighted by atomic mass is 32.2. The molecule has 0 spiro atoms. The summed E-state index contributed by atoms with van der Waals surface area (Å²) in [4.78, 5) is 20.8. The van der Waals surface area contributed by atoms with Gasteiger partial charge in [0.2, 0.25) is 0 Å². The SMILES string of the molecule is CCN1CCC(C(=O)NOC2CCCCO2)(S(=O)(=O)c2ccc(Oc3ccc(C(F)(F)F)cc3)cc2)CC1. The van der Waals surface area contributed by atoms with E-state index in [9.17, 15) is 26.4 Å². The molecule has 0 saturated carbocycles. The summed E-state index contributed by atoms with van der Waals surface area (Å²) in [5, 5.41) is 0. The molecule has 208 valence electrons. The first-order chi connectivity index (χ1) is 18.0. The van der Waals surface area contributed by atoms with Crippen molar-refractivity contribution >= 4 is 15.7 Å². The van der Waals surface area contributed by atoms with E-state index in [4.69, 9.17) is 14.3 Å². The molecular weight excluding hydrogens is 525 g/mol. The molecule has 12 heteroatoms. The monoisotopic (exact) mass is 556 g/mol. The van der Waals surface area contributed by atoms with Crippen molar-refractivity contribution in [1.29, 1.82) is 0 Å². The predicted octanol–water partition coefficient (Wildman–Crippen LogP) is 4.70. The Labute approximate surface area is 219 Å². The van der Waals surface area contributed by atoms with E-state index in [1.54, 1.807) is 0 Å². The Bertz CT molecular complexity index is 1190. The Morgan fingerprint density at radius 1 is 1.05 bits per heavy atom. The maximum absolute atomic E-state index is 13.9. The average Bonchev–Trinajstić information content (AvgIpc) is 2.92. The van der Waals surface area contributed by atoms with E-state index in [2.05, 4.69) is 10.4 Å². The van der Waals surface area contributed by atoms with E-state index < -0.39 is 38.5 Å². The van der Waals surface area contributed by atoms with Gasteiger partial charge in [0.05, 0.1) is 10.5 Å². The molecule has 38 heavy (non-hydrogen) atoms. The molecule has 2 saturated heterocycles. The second-order valence-electron chi connectivity index (χ2n) is 9.37. The number of alkyl halides is 3. The largest absolute Gasteiger partial charge is 0.457 e. The average molecular weight is 557 g/mol. The lowest BCUT2D eigenvalue weighted by Gasteiger charge is -2.39. The van der Waals surface area contributed by atoms with Gasteiger partial charge in [-0.2, -0.15) is 13.2 Å². The zero-order valence-electron chi connectivity index (χ0n) is 21.0. The molecule has 4 rings (SSSR count). The molecule has 2 heterocycles. The summed E-state index contributed by atoms with van der Waals surface area (Å²) in [5.74, 6) is -0.327. The normalized spacial score (nSPS) is 20.6. The maximum atomic E-state index is 13.9. The molecule has 0 bridgehead atoms. The van der Waals surface area contributed by atoms with Crippen molar-refractivity contribution in [1.82, 2.24) is 10.4 Å². The summed E-state index contributed by atoms with van der Waals surface area (Å²) in [6.07, 6.45) is -2.51. The molecule has 2 fully saturated rings. The molecule has 1 N–H and O–H groups in total. The molecule has 1 amide bonds. The van der Waals surface area contributed by atoms with Crippen LogP contribution in [0.3, 0.4) is 0 Å². The van der Waals surface area contributed by atoms with Gasteiger partial charge in [-0.1, -0.05) is 6.92 Å². The topological polar surface area (TPSA) is 94.2 Å². The lowest BCUT2D eigenvalue weighted by Crippen LogP contribution is -2.58. The quantitative estimate of drug-likeness (QED) is 0.471. The second-order valence-corrected chi connectivity index (χ2v) is 11.6. The van der Waals surface area contributed by atoms with Crippen LogP contribution in [0.5, 0.6) is 11.5 Å². The maximum Gasteiger partial charge on any atom is 0.416 e. The number of hydrogen-bond donors (Lipinski definition) is 1. The van der Waals surface area contributed by atoms with Gasteiger partial charge in [-0.25, -0.2) is 18.7 Å². The van der Waals surface area contributed by atoms with Gasteiger partial charge in [0.15, 0.2) is 20.9 Å². The molecule has 2 aromatic rings. The van der Waals surface area contributed by atoms with Crippen molar-refractivity contribution < 1.29 is 40.7 Å². The summed E-state index contributed by atoms with van der Waals surface area (Å²) >= 11 is 0. The minimum atomic E-state index is -4.46. The highest BCUT2D eigenvalue weighted by Crippen LogP contribution is 2.37. The van der Waals surface area contributed by atoms with E-state index in [0.717, 1.165) is 31.5 Å². The van der Waals surface area contributed by atoms with Gasteiger partial charge >= 0.3 is 6.18 Å². The summed E-state index contributed by atoms with van der Waals surface area (Å²) in [6.45, 7) is 4.08. The van der Waals surface area contributed by atoms with Gasteiger partial charge in [0.1, 0.15) is 11.5 Å². The lowest BCUT2D eigenvalue weighted by atomic mass is 9.95. The van der Waals surface area contributed by atoms with Crippen LogP contribution in [0.1, 0.15) is 44.6 Å². The standard InChI is InChI=1S/C26H31F3N2O6S/c1-2-31-16-14-25(15-17-31,24(32)30-37-23-5-3-4-18-35-23)38(33,34)22-12-10-21(11-13-22)36-20-8-6-19(7-9-20)26(27,28)29/h6-13,23H,2-5,14-18H2,1H3,(H,30,32). The number of benzene rings is 2. The Morgan fingerprint density at radius 2 is 1.66 bits per heavy atom. The molecule has 1 unspecified atom stereocenters. The molecule has 0 radical (unpaired) electrons. The van der Waals surface area contributed by atoms with E-state index in [1.165, 1.54) is 36.4 Å². The van der Waals surface area contributed by atoms with E-state index in [-0.39, 0.29) is 29.2 Å². The predicted molar refractivity (Wildman–Crippen MR) is 132 cm³/mol. The van der Waals surface area contributed by atoms with Crippen LogP contribution >= 0.6 is 0 Å². The Morgan fingerprint density at radius 3 is 2.18 bits per heavy atom. The fourth-order valence-electron chi connectivity index (χ4n) is 4.63. The number of carbonyl (C=O) groups is 1. The van der Waals surface area contributed by atoms with Crippen molar-refractivity contribution in [2.45, 2.75) is 61.1 Å². The van der Waals surface area contributed by atoms with E-state index in [0.29, 0.717) is 26.1 Å². The molecule has 2 aliphatic rings. The summed E-state index contributed by atoms with van der Waals surface area (Å²) in [7, 11) is -4.16. The molecular formula is C26H31F3N2O6S. The number of rotatable bonds is 8. The van der Waals surface area contributed by atoms with Crippen molar-refractivity contribution in [3.63, 3.8) is 0 Å². The molecule has 0 aromatic heterocycles. The highest BCUT2D eigenvalue weighted by Gasteiger charge is 2.53. The fraction of sp³-hybridized carbons (Fsp3) is 0.500. The summed E-state index contributed by atoms with van der Waals surface area (Å²) in [6, 6.07) is 9.66. The number of hydrogen-bond acceptors (Lipinski definition) is 7. The van der Waals surface area contributed by atoms with Gasteiger partial charge in [0, 0.05) is 26.1 Å². The second kappa shape index (κ2) is 11.6. The van der Waals surface area contributed by atoms with Crippen LogP contribution in [0.2, 0.25) is 0 Å². The van der Waals surface area contributed by atoms with Crippen LogP contribution in [0, 0.1) is 0 Å². The Kier molecular flexibility index (Phi) is 8.65. The number of sulfone groups is 1. The lowest BCUT2D eigenvalue weighted by molar-refractivity contribution is -0.202. The number of hydroxylamine groups is 1. The number of nitrogens with zero attached hydrogens (tertiary/aromatic N) is 1. The van der Waals surface area contributed by atoms with Crippen LogP contribution in [0.4, 0.5) is 13.2 Å². The van der Waals surface area contributed by atoms with Crippen LogP contribution in [-0.2, 0) is 30.4 Å². The van der Waals surface area contributed by atoms with Gasteiger partial charge in [-0.3, -0.25) is 4.79 Å². The van der Waals surface area contributed by atoms with Crippen molar-refractivity contribution in [2.24, 2.45) is 0 Å². The van der Waals surface area contributed by atoms with E-state index >= 15 is 0 Å².